The van der Waals surface area contributed by atoms with Crippen molar-refractivity contribution in [3.8, 4) is 0 Å². The normalized spacial score (nSPS) is 25.7. The van der Waals surface area contributed by atoms with Crippen LogP contribution in [0.3, 0.4) is 0 Å². The largest absolute Gasteiger partial charge is 0.370 e. The number of benzene rings is 1. The molecule has 1 aliphatic carbocycles. The van der Waals surface area contributed by atoms with Crippen molar-refractivity contribution in [1.82, 2.24) is 10.2 Å². The Morgan fingerprint density at radius 1 is 1.19 bits per heavy atom. The van der Waals surface area contributed by atoms with Crippen LogP contribution in [0.2, 0.25) is 0 Å². The molecular weight excluding hydrogens is 322 g/mol. The molecule has 4 rings (SSSR count). The summed E-state index contributed by atoms with van der Waals surface area (Å²) in [6.07, 6.45) is 6.66. The molecule has 0 amide bonds. The Kier molecular flexibility index (Phi) is 4.72. The fourth-order valence-corrected chi connectivity index (χ4v) is 4.70. The van der Waals surface area contributed by atoms with E-state index in [1.807, 2.05) is 0 Å². The third-order valence-corrected chi connectivity index (χ3v) is 6.05. The number of rotatable bonds is 4. The van der Waals surface area contributed by atoms with Gasteiger partial charge in [0.25, 0.3) is 0 Å². The van der Waals surface area contributed by atoms with Crippen molar-refractivity contribution in [2.75, 3.05) is 19.6 Å². The molecule has 5 heteroatoms. The molecule has 3 aliphatic rings. The standard InChI is InChI=1S/C21H29N5/c1-14(26-12-17-7-4-8-24-20(17)13-26)9-19(25-21(22)23)18-10-15-5-2-3-6-16(15)11-18/h2-3,5-6,9,17-18,20,24H,1,4,7-8,10-13H2,(H4,22,23,25)/b19-9-. The number of allylic oxidation sites excluding steroid dienone is 2. The number of piperidine rings is 1. The highest BCUT2D eigenvalue weighted by atomic mass is 15.2. The quantitative estimate of drug-likeness (QED) is 0.439. The first kappa shape index (κ1) is 17.2. The smallest absolute Gasteiger partial charge is 0.190 e. The highest BCUT2D eigenvalue weighted by molar-refractivity contribution is 5.77. The Hall–Kier alpha value is -2.27. The predicted octanol–water partition coefficient (Wildman–Crippen LogP) is 1.76. The fraction of sp³-hybridized carbons (Fsp3) is 0.476. The first-order chi connectivity index (χ1) is 12.6. The van der Waals surface area contributed by atoms with Gasteiger partial charge in [-0.05, 0) is 55.3 Å². The topological polar surface area (TPSA) is 79.7 Å². The second-order valence-corrected chi connectivity index (χ2v) is 7.84. The van der Waals surface area contributed by atoms with Crippen molar-refractivity contribution in [2.24, 2.45) is 28.3 Å². The third-order valence-electron chi connectivity index (χ3n) is 6.05. The van der Waals surface area contributed by atoms with E-state index >= 15 is 0 Å². The van der Waals surface area contributed by atoms with Gasteiger partial charge in [-0.25, -0.2) is 4.99 Å². The van der Waals surface area contributed by atoms with E-state index in [4.69, 9.17) is 11.5 Å². The summed E-state index contributed by atoms with van der Waals surface area (Å²) >= 11 is 0. The van der Waals surface area contributed by atoms with Crippen LogP contribution in [0.4, 0.5) is 0 Å². The molecule has 0 saturated carbocycles. The van der Waals surface area contributed by atoms with E-state index in [1.54, 1.807) is 0 Å². The molecule has 0 bridgehead atoms. The number of hydrogen-bond donors (Lipinski definition) is 3. The molecular formula is C21H29N5. The summed E-state index contributed by atoms with van der Waals surface area (Å²) in [6.45, 7) is 7.57. The van der Waals surface area contributed by atoms with E-state index < -0.39 is 0 Å². The molecule has 5 N–H and O–H groups in total. The van der Waals surface area contributed by atoms with Crippen LogP contribution in [0.1, 0.15) is 24.0 Å². The van der Waals surface area contributed by atoms with E-state index in [0.29, 0.717) is 12.0 Å². The van der Waals surface area contributed by atoms with Gasteiger partial charge in [-0.15, -0.1) is 0 Å². The second-order valence-electron chi connectivity index (χ2n) is 7.84. The van der Waals surface area contributed by atoms with Gasteiger partial charge in [0.1, 0.15) is 0 Å². The van der Waals surface area contributed by atoms with Crippen LogP contribution in [0.15, 0.2) is 53.3 Å². The van der Waals surface area contributed by atoms with Crippen LogP contribution in [-0.4, -0.2) is 36.5 Å². The third kappa shape index (κ3) is 3.49. The lowest BCUT2D eigenvalue weighted by Gasteiger charge is -2.24. The minimum Gasteiger partial charge on any atom is -0.370 e. The summed E-state index contributed by atoms with van der Waals surface area (Å²) in [7, 11) is 0. The molecule has 2 saturated heterocycles. The molecule has 2 aliphatic heterocycles. The van der Waals surface area contributed by atoms with Gasteiger partial charge in [0.15, 0.2) is 5.96 Å². The minimum absolute atomic E-state index is 0.122. The highest BCUT2D eigenvalue weighted by Crippen LogP contribution is 2.33. The van der Waals surface area contributed by atoms with Crippen molar-refractivity contribution < 1.29 is 0 Å². The number of hydrogen-bond acceptors (Lipinski definition) is 3. The van der Waals surface area contributed by atoms with Gasteiger partial charge in [-0.2, -0.15) is 0 Å². The van der Waals surface area contributed by atoms with Gasteiger partial charge >= 0.3 is 0 Å². The molecule has 5 nitrogen and oxygen atoms in total. The zero-order valence-electron chi connectivity index (χ0n) is 15.3. The van der Waals surface area contributed by atoms with Gasteiger partial charge in [0, 0.05) is 30.7 Å². The molecule has 0 spiro atoms. The van der Waals surface area contributed by atoms with Crippen LogP contribution in [0, 0.1) is 11.8 Å². The monoisotopic (exact) mass is 351 g/mol. The van der Waals surface area contributed by atoms with Crippen LogP contribution >= 0.6 is 0 Å². The summed E-state index contributed by atoms with van der Waals surface area (Å²) in [4.78, 5) is 6.86. The van der Waals surface area contributed by atoms with Gasteiger partial charge in [0.2, 0.25) is 0 Å². The molecule has 2 heterocycles. The highest BCUT2D eigenvalue weighted by Gasteiger charge is 2.34. The SMILES string of the molecule is C=C(/C=C(\N=C(N)N)C1Cc2ccccc2C1)N1CC2CCCNC2C1. The number of aliphatic imine (C=N–C) groups is 1. The average Bonchev–Trinajstić information content (AvgIpc) is 3.24. The van der Waals surface area contributed by atoms with E-state index in [0.717, 1.165) is 49.8 Å². The second kappa shape index (κ2) is 7.16. The number of nitrogens with two attached hydrogens (primary N) is 2. The molecule has 2 unspecified atom stereocenters. The van der Waals surface area contributed by atoms with Crippen LogP contribution < -0.4 is 16.8 Å². The lowest BCUT2D eigenvalue weighted by molar-refractivity contribution is 0.338. The van der Waals surface area contributed by atoms with Crippen molar-refractivity contribution in [2.45, 2.75) is 31.7 Å². The minimum atomic E-state index is 0.122. The number of nitrogens with one attached hydrogen (secondary N) is 1. The Morgan fingerprint density at radius 3 is 2.58 bits per heavy atom. The number of nitrogens with zero attached hydrogens (tertiary/aromatic N) is 2. The van der Waals surface area contributed by atoms with E-state index in [9.17, 15) is 0 Å². The molecule has 138 valence electrons. The maximum Gasteiger partial charge on any atom is 0.190 e. The zero-order valence-corrected chi connectivity index (χ0v) is 15.3. The molecule has 1 aromatic rings. The molecule has 0 aromatic heterocycles. The van der Waals surface area contributed by atoms with E-state index in [2.05, 4.69) is 52.1 Å². The summed E-state index contributed by atoms with van der Waals surface area (Å²) in [5, 5.41) is 3.65. The first-order valence-corrected chi connectivity index (χ1v) is 9.65. The van der Waals surface area contributed by atoms with Gasteiger partial charge < -0.3 is 21.7 Å². The maximum absolute atomic E-state index is 5.72. The van der Waals surface area contributed by atoms with Gasteiger partial charge in [0.05, 0.1) is 5.70 Å². The van der Waals surface area contributed by atoms with Gasteiger partial charge in [-0.1, -0.05) is 30.8 Å². The Labute approximate surface area is 155 Å². The Balaban J connectivity index is 1.52. The predicted molar refractivity (Wildman–Crippen MR) is 106 cm³/mol. The number of likely N-dealkylation sites (tertiary alicyclic amines) is 1. The average molecular weight is 351 g/mol. The number of fused-ring (bicyclic) bond motifs is 2. The number of guanidine groups is 1. The van der Waals surface area contributed by atoms with Crippen molar-refractivity contribution in [3.05, 3.63) is 59.4 Å². The Morgan fingerprint density at radius 2 is 1.92 bits per heavy atom. The molecule has 2 fully saturated rings. The van der Waals surface area contributed by atoms with Gasteiger partial charge in [-0.3, -0.25) is 0 Å². The van der Waals surface area contributed by atoms with E-state index in [-0.39, 0.29) is 5.96 Å². The maximum atomic E-state index is 5.72. The lowest BCUT2D eigenvalue weighted by atomic mass is 9.94. The summed E-state index contributed by atoms with van der Waals surface area (Å²) in [5.74, 6) is 1.17. The van der Waals surface area contributed by atoms with Crippen LogP contribution in [0.25, 0.3) is 0 Å². The molecule has 1 aromatic carbocycles. The van der Waals surface area contributed by atoms with E-state index in [1.165, 1.54) is 24.0 Å². The molecule has 2 atom stereocenters. The fourth-order valence-electron chi connectivity index (χ4n) is 4.70. The van der Waals surface area contributed by atoms with Crippen molar-refractivity contribution in [3.63, 3.8) is 0 Å². The van der Waals surface area contributed by atoms with Crippen molar-refractivity contribution >= 4 is 5.96 Å². The molecule has 26 heavy (non-hydrogen) atoms. The molecule has 0 radical (unpaired) electrons. The summed E-state index contributed by atoms with van der Waals surface area (Å²) in [5.41, 5.74) is 16.2. The van der Waals surface area contributed by atoms with Crippen molar-refractivity contribution in [1.29, 1.82) is 0 Å². The summed E-state index contributed by atoms with van der Waals surface area (Å²) in [6, 6.07) is 9.20. The summed E-state index contributed by atoms with van der Waals surface area (Å²) < 4.78 is 0. The zero-order chi connectivity index (χ0) is 18.1. The van der Waals surface area contributed by atoms with Crippen LogP contribution in [-0.2, 0) is 12.8 Å². The first-order valence-electron chi connectivity index (χ1n) is 9.65. The lowest BCUT2D eigenvalue weighted by Crippen LogP contribution is -2.40. The van der Waals surface area contributed by atoms with Crippen LogP contribution in [0.5, 0.6) is 0 Å². The Bertz CT molecular complexity index is 708.